The molecule has 1 amide bonds. The van der Waals surface area contributed by atoms with Crippen molar-refractivity contribution < 1.29 is 9.53 Å². The molecule has 0 spiro atoms. The summed E-state index contributed by atoms with van der Waals surface area (Å²) >= 11 is 2.00. The van der Waals surface area contributed by atoms with Crippen LogP contribution >= 0.6 is 11.8 Å². The van der Waals surface area contributed by atoms with Gasteiger partial charge in [-0.3, -0.25) is 9.69 Å². The standard InChI is InChI=1S/C19H28N2O2S/c1-20(17-7-11-24-12-8-17)19(22)13-18-15-21(9-10-23-18)14-16-5-3-2-4-6-16/h2-6,17-18H,7-15H2,1H3. The van der Waals surface area contributed by atoms with Crippen molar-refractivity contribution in [3.05, 3.63) is 35.9 Å². The van der Waals surface area contributed by atoms with Gasteiger partial charge in [0.15, 0.2) is 0 Å². The molecule has 0 aliphatic carbocycles. The number of morpholine rings is 1. The maximum absolute atomic E-state index is 12.6. The van der Waals surface area contributed by atoms with E-state index in [1.807, 2.05) is 29.8 Å². The van der Waals surface area contributed by atoms with Crippen LogP contribution in [0.1, 0.15) is 24.8 Å². The van der Waals surface area contributed by atoms with Gasteiger partial charge in [-0.1, -0.05) is 30.3 Å². The first kappa shape index (κ1) is 17.8. The normalized spacial score (nSPS) is 23.1. The van der Waals surface area contributed by atoms with Gasteiger partial charge in [-0.2, -0.15) is 11.8 Å². The molecule has 2 aliphatic rings. The number of hydrogen-bond donors (Lipinski definition) is 0. The SMILES string of the molecule is CN(C(=O)CC1CN(Cc2ccccc2)CCO1)C1CCSCC1. The second-order valence-corrected chi connectivity index (χ2v) is 7.99. The average molecular weight is 349 g/mol. The zero-order valence-corrected chi connectivity index (χ0v) is 15.3. The lowest BCUT2D eigenvalue weighted by atomic mass is 10.1. The molecular weight excluding hydrogens is 320 g/mol. The minimum Gasteiger partial charge on any atom is -0.375 e. The predicted molar refractivity (Wildman–Crippen MR) is 99.2 cm³/mol. The van der Waals surface area contributed by atoms with Gasteiger partial charge in [0.05, 0.1) is 19.1 Å². The molecule has 24 heavy (non-hydrogen) atoms. The van der Waals surface area contributed by atoms with Crippen molar-refractivity contribution in [1.29, 1.82) is 0 Å². The van der Waals surface area contributed by atoms with Gasteiger partial charge >= 0.3 is 0 Å². The van der Waals surface area contributed by atoms with Gasteiger partial charge in [-0.25, -0.2) is 0 Å². The molecular formula is C19H28N2O2S. The molecule has 0 radical (unpaired) electrons. The number of carbonyl (C=O) groups excluding carboxylic acids is 1. The van der Waals surface area contributed by atoms with Crippen LogP contribution in [0.2, 0.25) is 0 Å². The number of nitrogens with zero attached hydrogens (tertiary/aromatic N) is 2. The van der Waals surface area contributed by atoms with Gasteiger partial charge in [-0.15, -0.1) is 0 Å². The van der Waals surface area contributed by atoms with E-state index in [1.54, 1.807) is 0 Å². The summed E-state index contributed by atoms with van der Waals surface area (Å²) < 4.78 is 5.86. The summed E-state index contributed by atoms with van der Waals surface area (Å²) in [5.41, 5.74) is 1.32. The molecule has 0 bridgehead atoms. The summed E-state index contributed by atoms with van der Waals surface area (Å²) in [6, 6.07) is 10.9. The van der Waals surface area contributed by atoms with E-state index in [9.17, 15) is 4.79 Å². The van der Waals surface area contributed by atoms with E-state index in [0.29, 0.717) is 19.1 Å². The molecule has 5 heteroatoms. The highest BCUT2D eigenvalue weighted by molar-refractivity contribution is 7.99. The molecule has 1 unspecified atom stereocenters. The molecule has 0 N–H and O–H groups in total. The third-order valence-corrected chi connectivity index (χ3v) is 6.05. The third-order valence-electron chi connectivity index (χ3n) is 5.01. The van der Waals surface area contributed by atoms with Gasteiger partial charge in [0.25, 0.3) is 0 Å². The molecule has 3 rings (SSSR count). The second-order valence-electron chi connectivity index (χ2n) is 6.77. The Morgan fingerprint density at radius 3 is 2.79 bits per heavy atom. The van der Waals surface area contributed by atoms with Crippen LogP contribution in [0.5, 0.6) is 0 Å². The maximum Gasteiger partial charge on any atom is 0.225 e. The van der Waals surface area contributed by atoms with Crippen molar-refractivity contribution in [3.63, 3.8) is 0 Å². The van der Waals surface area contributed by atoms with Crippen molar-refractivity contribution in [3.8, 4) is 0 Å². The van der Waals surface area contributed by atoms with Crippen LogP contribution in [0, 0.1) is 0 Å². The molecule has 132 valence electrons. The van der Waals surface area contributed by atoms with Crippen molar-refractivity contribution in [2.24, 2.45) is 0 Å². The Kier molecular flexibility index (Phi) is 6.58. The smallest absolute Gasteiger partial charge is 0.225 e. The fourth-order valence-corrected chi connectivity index (χ4v) is 4.59. The molecule has 2 aliphatic heterocycles. The van der Waals surface area contributed by atoms with E-state index in [4.69, 9.17) is 4.74 Å². The minimum atomic E-state index is 0.0235. The van der Waals surface area contributed by atoms with Gasteiger partial charge < -0.3 is 9.64 Å². The first-order valence-electron chi connectivity index (χ1n) is 8.93. The van der Waals surface area contributed by atoms with Crippen molar-refractivity contribution >= 4 is 17.7 Å². The number of thioether (sulfide) groups is 1. The highest BCUT2D eigenvalue weighted by atomic mass is 32.2. The number of carbonyl (C=O) groups is 1. The predicted octanol–water partition coefficient (Wildman–Crippen LogP) is 2.63. The Morgan fingerprint density at radius 2 is 2.04 bits per heavy atom. The maximum atomic E-state index is 12.6. The fourth-order valence-electron chi connectivity index (χ4n) is 3.50. The number of rotatable bonds is 5. The first-order valence-corrected chi connectivity index (χ1v) is 10.1. The van der Waals surface area contributed by atoms with Crippen LogP contribution in [0.4, 0.5) is 0 Å². The van der Waals surface area contributed by atoms with Gasteiger partial charge in [0.1, 0.15) is 0 Å². The van der Waals surface area contributed by atoms with Gasteiger partial charge in [0.2, 0.25) is 5.91 Å². The second kappa shape index (κ2) is 8.88. The quantitative estimate of drug-likeness (QED) is 0.819. The number of ether oxygens (including phenoxy) is 1. The molecule has 0 aromatic heterocycles. The average Bonchev–Trinajstić information content (AvgIpc) is 2.63. The summed E-state index contributed by atoms with van der Waals surface area (Å²) in [7, 11) is 1.97. The van der Waals surface area contributed by atoms with E-state index in [2.05, 4.69) is 29.2 Å². The summed E-state index contributed by atoms with van der Waals surface area (Å²) in [5.74, 6) is 2.58. The van der Waals surface area contributed by atoms with Crippen molar-refractivity contribution in [1.82, 2.24) is 9.80 Å². The lowest BCUT2D eigenvalue weighted by molar-refractivity contribution is -0.137. The summed E-state index contributed by atoms with van der Waals surface area (Å²) in [6.45, 7) is 3.43. The molecule has 2 fully saturated rings. The Morgan fingerprint density at radius 1 is 1.29 bits per heavy atom. The van der Waals surface area contributed by atoms with Crippen molar-refractivity contribution in [2.45, 2.75) is 38.0 Å². The Labute approximate surface area is 149 Å². The van der Waals surface area contributed by atoms with E-state index in [0.717, 1.165) is 32.5 Å². The summed E-state index contributed by atoms with van der Waals surface area (Å²) in [6.07, 6.45) is 2.78. The summed E-state index contributed by atoms with van der Waals surface area (Å²) in [4.78, 5) is 17.0. The zero-order valence-electron chi connectivity index (χ0n) is 14.5. The molecule has 1 aromatic rings. The minimum absolute atomic E-state index is 0.0235. The number of benzene rings is 1. The monoisotopic (exact) mass is 348 g/mol. The van der Waals surface area contributed by atoms with Crippen LogP contribution in [-0.2, 0) is 16.1 Å². The van der Waals surface area contributed by atoms with Crippen LogP contribution in [0.3, 0.4) is 0 Å². The zero-order chi connectivity index (χ0) is 16.8. The van der Waals surface area contributed by atoms with Gasteiger partial charge in [-0.05, 0) is 29.9 Å². The largest absolute Gasteiger partial charge is 0.375 e. The molecule has 1 aromatic carbocycles. The van der Waals surface area contributed by atoms with Crippen LogP contribution in [0.25, 0.3) is 0 Å². The highest BCUT2D eigenvalue weighted by Crippen LogP contribution is 2.22. The number of amides is 1. The van der Waals surface area contributed by atoms with E-state index in [1.165, 1.54) is 17.1 Å². The Bertz CT molecular complexity index is 519. The Balaban J connectivity index is 1.48. The van der Waals surface area contributed by atoms with E-state index in [-0.39, 0.29) is 12.0 Å². The molecule has 2 heterocycles. The lowest BCUT2D eigenvalue weighted by Gasteiger charge is -2.35. The topological polar surface area (TPSA) is 32.8 Å². The Hall–Kier alpha value is -1.04. The molecule has 2 saturated heterocycles. The third kappa shape index (κ3) is 4.98. The molecule has 0 saturated carbocycles. The van der Waals surface area contributed by atoms with E-state index >= 15 is 0 Å². The molecule has 4 nitrogen and oxygen atoms in total. The highest BCUT2D eigenvalue weighted by Gasteiger charge is 2.27. The van der Waals surface area contributed by atoms with Crippen LogP contribution in [-0.4, -0.2) is 66.1 Å². The van der Waals surface area contributed by atoms with Crippen molar-refractivity contribution in [2.75, 3.05) is 38.2 Å². The van der Waals surface area contributed by atoms with Crippen LogP contribution in [0.15, 0.2) is 30.3 Å². The number of hydrogen-bond acceptors (Lipinski definition) is 4. The lowest BCUT2D eigenvalue weighted by Crippen LogP contribution is -2.46. The molecule has 1 atom stereocenters. The van der Waals surface area contributed by atoms with Crippen LogP contribution < -0.4 is 0 Å². The van der Waals surface area contributed by atoms with E-state index < -0.39 is 0 Å². The van der Waals surface area contributed by atoms with Gasteiger partial charge in [0, 0.05) is 32.7 Å². The fraction of sp³-hybridized carbons (Fsp3) is 0.632. The first-order chi connectivity index (χ1) is 11.7. The summed E-state index contributed by atoms with van der Waals surface area (Å²) in [5, 5.41) is 0.